The first kappa shape index (κ1) is 25.7. The van der Waals surface area contributed by atoms with E-state index in [4.69, 9.17) is 5.11 Å². The van der Waals surface area contributed by atoms with E-state index in [1.165, 1.54) is 12.7 Å². The molecule has 1 unspecified atom stereocenters. The van der Waals surface area contributed by atoms with E-state index in [-0.39, 0.29) is 24.0 Å². The number of unbranched alkanes of at least 4 members (excludes halogenated alkanes) is 2. The van der Waals surface area contributed by atoms with Crippen molar-refractivity contribution in [3.63, 3.8) is 0 Å². The van der Waals surface area contributed by atoms with Crippen molar-refractivity contribution in [3.05, 3.63) is 22.3 Å². The minimum Gasteiger partial charge on any atom is -0.748 e. The van der Waals surface area contributed by atoms with Crippen LogP contribution in [0.15, 0.2) is 6.07 Å². The normalized spacial score (nSPS) is 19.0. The van der Waals surface area contributed by atoms with Crippen molar-refractivity contribution < 1.29 is 27.4 Å². The molecular formula is C19H24I3NO5S. The molecule has 0 saturated heterocycles. The van der Waals surface area contributed by atoms with Crippen molar-refractivity contribution in [1.82, 2.24) is 0 Å². The van der Waals surface area contributed by atoms with Crippen molar-refractivity contribution in [2.45, 2.75) is 57.8 Å². The number of rotatable bonds is 10. The number of nitrogens with zero attached hydrogens (tertiary/aromatic N) is 1. The van der Waals surface area contributed by atoms with Crippen LogP contribution < -0.4 is 0 Å². The lowest BCUT2D eigenvalue weighted by Crippen LogP contribution is -2.31. The van der Waals surface area contributed by atoms with Gasteiger partial charge in [-0.1, -0.05) is 12.8 Å². The standard InChI is InChI=1S/C19H24I3NO5S/c1-12-19(2,8-5-3-4-7-15(24)25)16-14(11-13(20)17(21)18(16)22)23(12)9-6-10-29(26,27)28/h11H,3-10H2,1-2H3,(H-,24,25,26,27,28). The molecule has 0 fully saturated rings. The molecule has 0 spiro atoms. The molecule has 1 aromatic rings. The SMILES string of the molecule is CC1=[N+](CCCS(=O)(=O)[O-])c2cc(I)c(I)c(I)c2C1(C)CCCCCC(=O)O. The van der Waals surface area contributed by atoms with Crippen LogP contribution in [0, 0.1) is 10.7 Å². The molecule has 0 aliphatic carbocycles. The number of carbonyl (C=O) groups is 1. The highest BCUT2D eigenvalue weighted by Gasteiger charge is 2.48. The summed E-state index contributed by atoms with van der Waals surface area (Å²) < 4.78 is 38.8. The zero-order valence-electron chi connectivity index (χ0n) is 16.3. The van der Waals surface area contributed by atoms with E-state index in [0.29, 0.717) is 13.0 Å². The first-order valence-electron chi connectivity index (χ1n) is 9.33. The van der Waals surface area contributed by atoms with Crippen molar-refractivity contribution >= 4 is 95.3 Å². The highest BCUT2D eigenvalue weighted by Crippen LogP contribution is 2.47. The van der Waals surface area contributed by atoms with Gasteiger partial charge in [-0.15, -0.1) is 0 Å². The molecule has 29 heavy (non-hydrogen) atoms. The molecule has 1 atom stereocenters. The van der Waals surface area contributed by atoms with Gasteiger partial charge in [-0.3, -0.25) is 4.79 Å². The van der Waals surface area contributed by atoms with Crippen LogP contribution in [-0.4, -0.2) is 46.6 Å². The Hall–Kier alpha value is 0.460. The summed E-state index contributed by atoms with van der Waals surface area (Å²) in [5, 5.41) is 8.84. The molecule has 2 rings (SSSR count). The molecule has 1 aliphatic heterocycles. The van der Waals surface area contributed by atoms with Gasteiger partial charge in [0.15, 0.2) is 5.71 Å². The molecule has 1 aromatic carbocycles. The number of fused-ring (bicyclic) bond motifs is 1. The summed E-state index contributed by atoms with van der Waals surface area (Å²) in [4.78, 5) is 10.7. The topological polar surface area (TPSA) is 97.5 Å². The number of benzene rings is 1. The third-order valence-electron chi connectivity index (χ3n) is 5.53. The lowest BCUT2D eigenvalue weighted by molar-refractivity contribution is -0.439. The van der Waals surface area contributed by atoms with Gasteiger partial charge in [-0.25, -0.2) is 8.42 Å². The van der Waals surface area contributed by atoms with Gasteiger partial charge in [0.2, 0.25) is 5.69 Å². The Labute approximate surface area is 213 Å². The van der Waals surface area contributed by atoms with Crippen LogP contribution in [0.25, 0.3) is 0 Å². The lowest BCUT2D eigenvalue weighted by atomic mass is 9.76. The van der Waals surface area contributed by atoms with E-state index in [1.807, 2.05) is 0 Å². The van der Waals surface area contributed by atoms with Crippen LogP contribution in [0.2, 0.25) is 0 Å². The monoisotopic (exact) mass is 759 g/mol. The Morgan fingerprint density at radius 3 is 2.41 bits per heavy atom. The van der Waals surface area contributed by atoms with Crippen molar-refractivity contribution in [2.24, 2.45) is 0 Å². The Morgan fingerprint density at radius 1 is 1.17 bits per heavy atom. The second-order valence-corrected chi connectivity index (χ2v) is 12.4. The molecule has 1 heterocycles. The van der Waals surface area contributed by atoms with Gasteiger partial charge in [-0.05, 0) is 87.5 Å². The Kier molecular flexibility index (Phi) is 9.21. The van der Waals surface area contributed by atoms with Gasteiger partial charge in [0.05, 0.1) is 21.1 Å². The predicted molar refractivity (Wildman–Crippen MR) is 137 cm³/mol. The average molecular weight is 759 g/mol. The molecule has 1 N–H and O–H groups in total. The predicted octanol–water partition coefficient (Wildman–Crippen LogP) is 4.85. The largest absolute Gasteiger partial charge is 0.748 e. The van der Waals surface area contributed by atoms with Crippen LogP contribution in [-0.2, 0) is 20.3 Å². The number of hydrogen-bond donors (Lipinski definition) is 1. The Bertz CT molecular complexity index is 946. The van der Waals surface area contributed by atoms with E-state index in [2.05, 4.69) is 92.3 Å². The van der Waals surface area contributed by atoms with Gasteiger partial charge < -0.3 is 9.66 Å². The summed E-state index contributed by atoms with van der Waals surface area (Å²) in [6.07, 6.45) is 3.83. The minimum absolute atomic E-state index is 0.194. The maximum Gasteiger partial charge on any atom is 0.303 e. The smallest absolute Gasteiger partial charge is 0.303 e. The second kappa shape index (κ2) is 10.4. The van der Waals surface area contributed by atoms with Crippen LogP contribution >= 0.6 is 67.8 Å². The number of carboxylic acids is 1. The average Bonchev–Trinajstić information content (AvgIpc) is 2.80. The zero-order chi connectivity index (χ0) is 22.0. The van der Waals surface area contributed by atoms with Gasteiger partial charge >= 0.3 is 5.97 Å². The Balaban J connectivity index is 2.34. The van der Waals surface area contributed by atoms with Gasteiger partial charge in [0, 0.05) is 42.3 Å². The van der Waals surface area contributed by atoms with Gasteiger partial charge in [0.25, 0.3) is 0 Å². The highest BCUT2D eigenvalue weighted by molar-refractivity contribution is 14.1. The fraction of sp³-hybridized carbons (Fsp3) is 0.579. The second-order valence-electron chi connectivity index (χ2n) is 7.52. The zero-order valence-corrected chi connectivity index (χ0v) is 23.6. The molecule has 0 amide bonds. The number of hydrogen-bond acceptors (Lipinski definition) is 4. The van der Waals surface area contributed by atoms with Gasteiger partial charge in [0.1, 0.15) is 6.54 Å². The maximum absolute atomic E-state index is 11.0. The molecule has 6 nitrogen and oxygen atoms in total. The van der Waals surface area contributed by atoms with E-state index in [9.17, 15) is 17.8 Å². The number of halogens is 3. The summed E-state index contributed by atoms with van der Waals surface area (Å²) >= 11 is 7.07. The molecule has 1 aliphatic rings. The number of carboxylic acid groups (broad SMARTS) is 1. The molecular weight excluding hydrogens is 735 g/mol. The van der Waals surface area contributed by atoms with Crippen LogP contribution in [0.1, 0.15) is 57.9 Å². The lowest BCUT2D eigenvalue weighted by Gasteiger charge is -2.24. The van der Waals surface area contributed by atoms with Gasteiger partial charge in [-0.2, -0.15) is 4.58 Å². The quantitative estimate of drug-likeness (QED) is 0.121. The molecule has 0 bridgehead atoms. The van der Waals surface area contributed by atoms with Crippen molar-refractivity contribution in [2.75, 3.05) is 12.3 Å². The van der Waals surface area contributed by atoms with Crippen LogP contribution in [0.3, 0.4) is 0 Å². The van der Waals surface area contributed by atoms with Crippen LogP contribution in [0.5, 0.6) is 0 Å². The third-order valence-corrected chi connectivity index (χ3v) is 11.4. The minimum atomic E-state index is -4.23. The molecule has 0 aromatic heterocycles. The third kappa shape index (κ3) is 6.25. The van der Waals surface area contributed by atoms with Crippen molar-refractivity contribution in [1.29, 1.82) is 0 Å². The summed E-state index contributed by atoms with van der Waals surface area (Å²) in [6.45, 7) is 4.79. The molecule has 162 valence electrons. The fourth-order valence-electron chi connectivity index (χ4n) is 3.90. The molecule has 0 radical (unpaired) electrons. The van der Waals surface area contributed by atoms with E-state index in [0.717, 1.165) is 34.2 Å². The maximum atomic E-state index is 11.0. The Morgan fingerprint density at radius 2 is 1.83 bits per heavy atom. The fourth-order valence-corrected chi connectivity index (χ4v) is 7.06. The first-order chi connectivity index (χ1) is 13.4. The summed E-state index contributed by atoms with van der Waals surface area (Å²) in [5.41, 5.74) is 3.30. The summed E-state index contributed by atoms with van der Waals surface area (Å²) in [6, 6.07) is 2.14. The molecule has 10 heteroatoms. The summed E-state index contributed by atoms with van der Waals surface area (Å²) in [5.74, 6) is -1.13. The van der Waals surface area contributed by atoms with Crippen LogP contribution in [0.4, 0.5) is 5.69 Å². The molecule has 0 saturated carbocycles. The van der Waals surface area contributed by atoms with Crippen molar-refractivity contribution in [3.8, 4) is 0 Å². The number of aliphatic carboxylic acids is 1. The summed E-state index contributed by atoms with van der Waals surface area (Å²) in [7, 11) is -4.23. The van der Waals surface area contributed by atoms with E-state index < -0.39 is 16.1 Å². The van der Waals surface area contributed by atoms with E-state index >= 15 is 0 Å². The highest BCUT2D eigenvalue weighted by atomic mass is 127. The first-order valence-corrected chi connectivity index (χ1v) is 14.1. The van der Waals surface area contributed by atoms with E-state index in [1.54, 1.807) is 0 Å².